The second-order valence-corrected chi connectivity index (χ2v) is 11.8. The number of hydrogen-bond acceptors (Lipinski definition) is 2. The number of hydrogen-bond donors (Lipinski definition) is 0. The molecule has 4 saturated carbocycles. The maximum absolute atomic E-state index is 12.2. The summed E-state index contributed by atoms with van der Waals surface area (Å²) in [6, 6.07) is 0. The molecule has 17 heavy (non-hydrogen) atoms. The monoisotopic (exact) mass is 314 g/mol. The molecule has 0 spiro atoms. The van der Waals surface area contributed by atoms with Crippen molar-refractivity contribution in [1.82, 2.24) is 0 Å². The van der Waals surface area contributed by atoms with Gasteiger partial charge in [0.2, 0.25) is 5.24 Å². The van der Waals surface area contributed by atoms with Crippen LogP contribution in [0.15, 0.2) is 0 Å². The predicted molar refractivity (Wildman–Crippen MR) is 70.0 cm³/mol. The normalized spacial score (nSPS) is 48.4. The average molecular weight is 316 g/mol. The van der Waals surface area contributed by atoms with Crippen LogP contribution in [0.1, 0.15) is 38.5 Å². The summed E-state index contributed by atoms with van der Waals surface area (Å²) in [5, 5.41) is -0.817. The van der Waals surface area contributed by atoms with Crippen LogP contribution in [-0.2, 0) is 9.36 Å². The fourth-order valence-electron chi connectivity index (χ4n) is 4.75. The van der Waals surface area contributed by atoms with Gasteiger partial charge in [-0.25, -0.2) is 0 Å². The van der Waals surface area contributed by atoms with E-state index in [1.807, 2.05) is 0 Å². The van der Waals surface area contributed by atoms with Gasteiger partial charge in [0.25, 0.3) is 5.85 Å². The molecule has 2 atom stereocenters. The minimum atomic E-state index is -3.21. The highest BCUT2D eigenvalue weighted by Crippen LogP contribution is 2.79. The van der Waals surface area contributed by atoms with Crippen LogP contribution in [-0.4, -0.2) is 10.4 Å². The SMILES string of the molecule is O=C(Cl)C12CC3CC(C1)CC(P(=O)(Cl)Cl)(C3)C2. The lowest BCUT2D eigenvalue weighted by Gasteiger charge is -2.60. The molecule has 6 heteroatoms. The lowest BCUT2D eigenvalue weighted by molar-refractivity contribution is -0.133. The van der Waals surface area contributed by atoms with Crippen LogP contribution in [0.4, 0.5) is 0 Å². The van der Waals surface area contributed by atoms with Gasteiger partial charge in [0.15, 0.2) is 0 Å². The third-order valence-electron chi connectivity index (χ3n) is 5.00. The van der Waals surface area contributed by atoms with E-state index in [1.165, 1.54) is 0 Å². The van der Waals surface area contributed by atoms with Gasteiger partial charge in [0.1, 0.15) is 0 Å². The van der Waals surface area contributed by atoms with Crippen molar-refractivity contribution in [3.05, 3.63) is 0 Å². The number of halogens is 3. The molecule has 0 amide bonds. The second kappa shape index (κ2) is 3.66. The molecule has 4 bridgehead atoms. The van der Waals surface area contributed by atoms with E-state index in [-0.39, 0.29) is 5.24 Å². The highest BCUT2D eigenvalue weighted by molar-refractivity contribution is 8.09. The minimum absolute atomic E-state index is 0.280. The van der Waals surface area contributed by atoms with Crippen molar-refractivity contribution in [2.24, 2.45) is 17.3 Å². The Bertz CT molecular complexity index is 416. The zero-order chi connectivity index (χ0) is 12.5. The third kappa shape index (κ3) is 1.75. The molecule has 0 heterocycles. The molecule has 2 nitrogen and oxygen atoms in total. The van der Waals surface area contributed by atoms with Crippen molar-refractivity contribution in [3.63, 3.8) is 0 Å². The molecule has 4 rings (SSSR count). The van der Waals surface area contributed by atoms with Crippen LogP contribution in [0.3, 0.4) is 0 Å². The molecule has 4 aliphatic carbocycles. The lowest BCUT2D eigenvalue weighted by Crippen LogP contribution is -2.56. The molecule has 0 radical (unpaired) electrons. The van der Waals surface area contributed by atoms with E-state index in [2.05, 4.69) is 0 Å². The number of carbonyl (C=O) groups is 1. The second-order valence-electron chi connectivity index (χ2n) is 6.20. The molecular formula is C11H14Cl3O2P. The zero-order valence-corrected chi connectivity index (χ0v) is 12.5. The van der Waals surface area contributed by atoms with Gasteiger partial charge in [0, 0.05) is 5.41 Å². The first kappa shape index (κ1) is 12.8. The highest BCUT2D eigenvalue weighted by atomic mass is 35.9. The van der Waals surface area contributed by atoms with Crippen molar-refractivity contribution in [2.45, 2.75) is 43.7 Å². The van der Waals surface area contributed by atoms with Crippen LogP contribution in [0, 0.1) is 17.3 Å². The third-order valence-corrected chi connectivity index (χ3v) is 9.18. The van der Waals surface area contributed by atoms with E-state index < -0.39 is 16.4 Å². The number of carbonyl (C=O) groups excluding carboxylic acids is 1. The summed E-state index contributed by atoms with van der Waals surface area (Å²) in [6.45, 7) is 0. The van der Waals surface area contributed by atoms with Crippen molar-refractivity contribution in [3.8, 4) is 0 Å². The van der Waals surface area contributed by atoms with Crippen LogP contribution in [0.2, 0.25) is 0 Å². The molecular weight excluding hydrogens is 301 g/mol. The Balaban J connectivity index is 2.06. The molecule has 0 aliphatic heterocycles. The smallest absolute Gasteiger partial charge is 0.259 e. The van der Waals surface area contributed by atoms with E-state index in [9.17, 15) is 9.36 Å². The van der Waals surface area contributed by atoms with Crippen molar-refractivity contribution in [1.29, 1.82) is 0 Å². The van der Waals surface area contributed by atoms with E-state index in [0.29, 0.717) is 18.3 Å². The Labute approximate surface area is 115 Å². The average Bonchev–Trinajstić information content (AvgIpc) is 2.13. The molecule has 0 aromatic rings. The standard InChI is InChI=1S/C11H14Cl3O2P/c12-9(15)10-2-7-1-8(3-10)5-11(4-7,6-10)17(13,14)16/h7-8H,1-6H2. The summed E-state index contributed by atoms with van der Waals surface area (Å²) in [4.78, 5) is 11.8. The van der Waals surface area contributed by atoms with Gasteiger partial charge < -0.3 is 0 Å². The van der Waals surface area contributed by atoms with Crippen LogP contribution < -0.4 is 0 Å². The Hall–Kier alpha value is 0.770. The van der Waals surface area contributed by atoms with E-state index in [1.54, 1.807) is 0 Å². The van der Waals surface area contributed by atoms with E-state index in [4.69, 9.17) is 34.1 Å². The summed E-state index contributed by atoms with van der Waals surface area (Å²) in [6.07, 6.45) is 4.92. The molecule has 4 aliphatic rings. The van der Waals surface area contributed by atoms with E-state index in [0.717, 1.165) is 32.1 Å². The van der Waals surface area contributed by atoms with Gasteiger partial charge in [-0.1, -0.05) is 0 Å². The number of rotatable bonds is 2. The summed E-state index contributed by atoms with van der Waals surface area (Å²) in [5.74, 6) is -2.37. The molecule has 4 fully saturated rings. The zero-order valence-electron chi connectivity index (χ0n) is 9.29. The maximum atomic E-state index is 12.2. The molecule has 0 aromatic carbocycles. The Morgan fingerprint density at radius 3 is 2.06 bits per heavy atom. The summed E-state index contributed by atoms with van der Waals surface area (Å²) in [7, 11) is 0. The van der Waals surface area contributed by atoms with Crippen molar-refractivity contribution < 1.29 is 9.36 Å². The first-order chi connectivity index (χ1) is 7.76. The summed E-state index contributed by atoms with van der Waals surface area (Å²) in [5.41, 5.74) is -0.495. The minimum Gasteiger partial charge on any atom is -0.289 e. The van der Waals surface area contributed by atoms with Crippen molar-refractivity contribution >= 4 is 45.2 Å². The lowest BCUT2D eigenvalue weighted by atomic mass is 9.49. The fourth-order valence-corrected chi connectivity index (χ4v) is 7.58. The Kier molecular flexibility index (Phi) is 2.75. The van der Waals surface area contributed by atoms with Crippen LogP contribution in [0.5, 0.6) is 0 Å². The van der Waals surface area contributed by atoms with Gasteiger partial charge in [-0.05, 0) is 84.4 Å². The topological polar surface area (TPSA) is 34.1 Å². The summed E-state index contributed by atoms with van der Waals surface area (Å²) >= 11 is 17.8. The van der Waals surface area contributed by atoms with Gasteiger partial charge in [0.05, 0.1) is 5.16 Å². The van der Waals surface area contributed by atoms with Gasteiger partial charge in [-0.3, -0.25) is 9.36 Å². The first-order valence-corrected chi connectivity index (χ1v) is 9.85. The Morgan fingerprint density at radius 2 is 1.65 bits per heavy atom. The first-order valence-electron chi connectivity index (χ1n) is 5.96. The Morgan fingerprint density at radius 1 is 1.12 bits per heavy atom. The molecule has 96 valence electrons. The highest BCUT2D eigenvalue weighted by Gasteiger charge is 2.65. The molecule has 0 aromatic heterocycles. The van der Waals surface area contributed by atoms with Gasteiger partial charge in [-0.15, -0.1) is 0 Å². The quantitative estimate of drug-likeness (QED) is 0.544. The maximum Gasteiger partial charge on any atom is 0.259 e. The molecule has 0 saturated heterocycles. The summed E-state index contributed by atoms with van der Waals surface area (Å²) < 4.78 is 12.2. The van der Waals surface area contributed by atoms with Gasteiger partial charge in [-0.2, -0.15) is 0 Å². The van der Waals surface area contributed by atoms with Gasteiger partial charge >= 0.3 is 0 Å². The molecule has 0 N–H and O–H groups in total. The van der Waals surface area contributed by atoms with Crippen LogP contribution >= 0.6 is 39.9 Å². The van der Waals surface area contributed by atoms with Crippen LogP contribution in [0.25, 0.3) is 0 Å². The largest absolute Gasteiger partial charge is 0.289 e. The fraction of sp³-hybridized carbons (Fsp3) is 0.909. The molecule has 2 unspecified atom stereocenters. The van der Waals surface area contributed by atoms with E-state index >= 15 is 0 Å². The van der Waals surface area contributed by atoms with Crippen molar-refractivity contribution in [2.75, 3.05) is 0 Å². The predicted octanol–water partition coefficient (Wildman–Crippen LogP) is 4.76.